The lowest BCUT2D eigenvalue weighted by molar-refractivity contribution is -0.120. The van der Waals surface area contributed by atoms with E-state index in [1.165, 1.54) is 12.4 Å². The fourth-order valence-corrected chi connectivity index (χ4v) is 2.93. The number of alkyl halides is 1. The van der Waals surface area contributed by atoms with Gasteiger partial charge in [0.1, 0.15) is 5.56 Å². The van der Waals surface area contributed by atoms with Crippen LogP contribution in [0.1, 0.15) is 28.5 Å². The first kappa shape index (κ1) is 19.3. The molecule has 28 heavy (non-hydrogen) atoms. The van der Waals surface area contributed by atoms with E-state index < -0.39 is 18.0 Å². The molecule has 0 aliphatic heterocycles. The van der Waals surface area contributed by atoms with Crippen molar-refractivity contribution < 1.29 is 19.1 Å². The number of carboxylic acids is 1. The molecule has 1 unspecified atom stereocenters. The van der Waals surface area contributed by atoms with Crippen LogP contribution in [0.2, 0.25) is 0 Å². The van der Waals surface area contributed by atoms with Crippen molar-refractivity contribution in [2.45, 2.75) is 33.0 Å². The largest absolute Gasteiger partial charge is 0.478 e. The quantitative estimate of drug-likeness (QED) is 0.655. The Morgan fingerprint density at radius 2 is 1.96 bits per heavy atom. The number of hydrogen-bond donors (Lipinski definition) is 2. The first-order chi connectivity index (χ1) is 13.4. The fourth-order valence-electron chi connectivity index (χ4n) is 2.93. The number of amides is 1. The third-order valence-electron chi connectivity index (χ3n) is 4.53. The van der Waals surface area contributed by atoms with Gasteiger partial charge in [-0.1, -0.05) is 18.2 Å². The summed E-state index contributed by atoms with van der Waals surface area (Å²) in [5.74, 6) is -2.07. The Morgan fingerprint density at radius 3 is 2.61 bits per heavy atom. The second-order valence-corrected chi connectivity index (χ2v) is 6.38. The molecule has 0 spiro atoms. The Balaban J connectivity index is 1.73. The topological polar surface area (TPSA) is 89.2 Å². The summed E-state index contributed by atoms with van der Waals surface area (Å²) in [5, 5.41) is 15.9. The Bertz CT molecular complexity index is 994. The molecule has 0 saturated carbocycles. The molecule has 1 amide bonds. The lowest BCUT2D eigenvalue weighted by atomic mass is 10.1. The number of anilines is 1. The molecule has 3 aromatic rings. The molecule has 0 radical (unpaired) electrons. The maximum Gasteiger partial charge on any atom is 0.339 e. The Labute approximate surface area is 161 Å². The number of carbonyl (C=O) groups is 2. The van der Waals surface area contributed by atoms with Gasteiger partial charge in [-0.3, -0.25) is 4.79 Å². The SMILES string of the molecule is CCn1cc(NC(=O)C(F)Cc2cnn(-c3ccccc3)c2C)c(C(=O)O)c1. The highest BCUT2D eigenvalue weighted by Crippen LogP contribution is 2.20. The average molecular weight is 384 g/mol. The number of halogens is 1. The first-order valence-corrected chi connectivity index (χ1v) is 8.87. The summed E-state index contributed by atoms with van der Waals surface area (Å²) < 4.78 is 17.9. The van der Waals surface area contributed by atoms with E-state index in [0.717, 1.165) is 11.4 Å². The van der Waals surface area contributed by atoms with Crippen molar-refractivity contribution in [3.63, 3.8) is 0 Å². The first-order valence-electron chi connectivity index (χ1n) is 8.87. The average Bonchev–Trinajstić information content (AvgIpc) is 3.26. The summed E-state index contributed by atoms with van der Waals surface area (Å²) in [7, 11) is 0. The van der Waals surface area contributed by atoms with E-state index in [1.807, 2.05) is 44.2 Å². The van der Waals surface area contributed by atoms with Gasteiger partial charge >= 0.3 is 5.97 Å². The zero-order valence-corrected chi connectivity index (χ0v) is 15.6. The molecule has 0 saturated heterocycles. The molecule has 2 heterocycles. The van der Waals surface area contributed by atoms with Gasteiger partial charge in [-0.2, -0.15) is 5.10 Å². The zero-order chi connectivity index (χ0) is 20.3. The maximum absolute atomic E-state index is 14.6. The highest BCUT2D eigenvalue weighted by Gasteiger charge is 2.23. The van der Waals surface area contributed by atoms with Crippen LogP contribution in [0.25, 0.3) is 5.69 Å². The molecule has 1 atom stereocenters. The number of aromatic nitrogens is 3. The summed E-state index contributed by atoms with van der Waals surface area (Å²) >= 11 is 0. The molecule has 0 aliphatic carbocycles. The van der Waals surface area contributed by atoms with Gasteiger partial charge < -0.3 is 15.0 Å². The predicted molar refractivity (Wildman–Crippen MR) is 103 cm³/mol. The monoisotopic (exact) mass is 384 g/mol. The molecule has 1 aromatic carbocycles. The highest BCUT2D eigenvalue weighted by molar-refractivity contribution is 6.01. The van der Waals surface area contributed by atoms with Crippen molar-refractivity contribution in [2.24, 2.45) is 0 Å². The van der Waals surface area contributed by atoms with E-state index in [-0.39, 0.29) is 17.7 Å². The van der Waals surface area contributed by atoms with Gasteiger partial charge in [-0.25, -0.2) is 13.9 Å². The second kappa shape index (κ2) is 8.08. The van der Waals surface area contributed by atoms with Crippen LogP contribution in [0, 0.1) is 6.92 Å². The molecule has 146 valence electrons. The minimum atomic E-state index is -1.83. The van der Waals surface area contributed by atoms with Gasteiger partial charge in [0.2, 0.25) is 0 Å². The van der Waals surface area contributed by atoms with Gasteiger partial charge in [0.25, 0.3) is 5.91 Å². The van der Waals surface area contributed by atoms with E-state index in [9.17, 15) is 19.1 Å². The number of carboxylic acid groups (broad SMARTS) is 1. The third-order valence-corrected chi connectivity index (χ3v) is 4.53. The number of nitrogens with zero attached hydrogens (tertiary/aromatic N) is 3. The summed E-state index contributed by atoms with van der Waals surface area (Å²) in [5.41, 5.74) is 2.20. The van der Waals surface area contributed by atoms with Crippen LogP contribution in [0.4, 0.5) is 10.1 Å². The lowest BCUT2D eigenvalue weighted by Crippen LogP contribution is -2.26. The minimum Gasteiger partial charge on any atom is -0.478 e. The van der Waals surface area contributed by atoms with E-state index in [0.29, 0.717) is 12.1 Å². The molecule has 0 fully saturated rings. The summed E-state index contributed by atoms with van der Waals surface area (Å²) in [6.07, 6.45) is 2.44. The maximum atomic E-state index is 14.6. The lowest BCUT2D eigenvalue weighted by Gasteiger charge is -2.10. The number of para-hydroxylation sites is 1. The summed E-state index contributed by atoms with van der Waals surface area (Å²) in [4.78, 5) is 23.6. The summed E-state index contributed by atoms with van der Waals surface area (Å²) in [6.45, 7) is 4.18. The van der Waals surface area contributed by atoms with E-state index in [1.54, 1.807) is 15.4 Å². The molecule has 7 nitrogen and oxygen atoms in total. The van der Waals surface area contributed by atoms with Crippen LogP contribution in [0.5, 0.6) is 0 Å². The number of aromatic carboxylic acids is 1. The predicted octanol–water partition coefficient (Wildman–Crippen LogP) is 3.22. The highest BCUT2D eigenvalue weighted by atomic mass is 19.1. The van der Waals surface area contributed by atoms with Crippen LogP contribution in [-0.4, -0.2) is 37.5 Å². The number of aryl methyl sites for hydroxylation is 1. The van der Waals surface area contributed by atoms with Crippen LogP contribution in [0.3, 0.4) is 0 Å². The molecule has 8 heteroatoms. The van der Waals surface area contributed by atoms with Crippen molar-refractivity contribution in [1.29, 1.82) is 0 Å². The zero-order valence-electron chi connectivity index (χ0n) is 15.6. The van der Waals surface area contributed by atoms with Crippen LogP contribution >= 0.6 is 0 Å². The molecule has 2 aromatic heterocycles. The Hall–Kier alpha value is -3.42. The van der Waals surface area contributed by atoms with Gasteiger partial charge in [0, 0.05) is 31.1 Å². The molecule has 2 N–H and O–H groups in total. The Kier molecular flexibility index (Phi) is 5.58. The van der Waals surface area contributed by atoms with E-state index in [4.69, 9.17) is 0 Å². The molecular formula is C20H21FN4O3. The van der Waals surface area contributed by atoms with E-state index >= 15 is 0 Å². The van der Waals surface area contributed by atoms with Crippen molar-refractivity contribution in [3.8, 4) is 5.69 Å². The second-order valence-electron chi connectivity index (χ2n) is 6.38. The molecule has 0 bridgehead atoms. The van der Waals surface area contributed by atoms with Crippen molar-refractivity contribution in [3.05, 3.63) is 65.7 Å². The number of hydrogen-bond acceptors (Lipinski definition) is 3. The molecule has 3 rings (SSSR count). The van der Waals surface area contributed by atoms with Gasteiger partial charge in [-0.05, 0) is 31.5 Å². The Morgan fingerprint density at radius 1 is 1.25 bits per heavy atom. The third kappa shape index (κ3) is 3.95. The van der Waals surface area contributed by atoms with E-state index in [2.05, 4.69) is 10.4 Å². The van der Waals surface area contributed by atoms with Crippen molar-refractivity contribution in [2.75, 3.05) is 5.32 Å². The number of nitrogens with one attached hydrogen (secondary N) is 1. The number of rotatable bonds is 7. The smallest absolute Gasteiger partial charge is 0.339 e. The minimum absolute atomic E-state index is 0.0736. The number of carbonyl (C=O) groups excluding carboxylic acids is 1. The van der Waals surface area contributed by atoms with Crippen molar-refractivity contribution >= 4 is 17.6 Å². The van der Waals surface area contributed by atoms with Crippen LogP contribution in [-0.2, 0) is 17.8 Å². The van der Waals surface area contributed by atoms with Crippen molar-refractivity contribution in [1.82, 2.24) is 14.3 Å². The van der Waals surface area contributed by atoms with Gasteiger partial charge in [-0.15, -0.1) is 0 Å². The van der Waals surface area contributed by atoms with Gasteiger partial charge in [0.05, 0.1) is 17.6 Å². The summed E-state index contributed by atoms with van der Waals surface area (Å²) in [6, 6.07) is 9.42. The van der Waals surface area contributed by atoms with Crippen LogP contribution < -0.4 is 5.32 Å². The molecular weight excluding hydrogens is 363 g/mol. The molecule has 0 aliphatic rings. The number of benzene rings is 1. The van der Waals surface area contributed by atoms with Crippen LogP contribution in [0.15, 0.2) is 48.9 Å². The standard InChI is InChI=1S/C20H21FN4O3/c1-3-24-11-16(20(27)28)18(12-24)23-19(26)17(21)9-14-10-22-25(13(14)2)15-7-5-4-6-8-15/h4-8,10-12,17H,3,9H2,1-2H3,(H,23,26)(H,27,28). The fraction of sp³-hybridized carbons (Fsp3) is 0.250. The van der Waals surface area contributed by atoms with Gasteiger partial charge in [0.15, 0.2) is 6.17 Å². The normalized spacial score (nSPS) is 12.0.